The molecule has 1 N–H and O–H groups in total. The van der Waals surface area contributed by atoms with Gasteiger partial charge in [0.25, 0.3) is 0 Å². The van der Waals surface area contributed by atoms with Crippen LogP contribution in [-0.4, -0.2) is 12.1 Å². The van der Waals surface area contributed by atoms with Gasteiger partial charge in [-0.1, -0.05) is 72.8 Å². The van der Waals surface area contributed by atoms with E-state index in [1.54, 1.807) is 7.11 Å². The number of methoxy groups -OCH3 is 1. The molecule has 0 saturated heterocycles. The van der Waals surface area contributed by atoms with E-state index >= 15 is 0 Å². The summed E-state index contributed by atoms with van der Waals surface area (Å²) in [6.45, 7) is 0. The van der Waals surface area contributed by atoms with Crippen LogP contribution < -0.4 is 10.1 Å². The molecule has 0 bridgehead atoms. The Morgan fingerprint density at radius 1 is 0.750 bits per heavy atom. The third-order valence-electron chi connectivity index (χ3n) is 4.73. The summed E-state index contributed by atoms with van der Waals surface area (Å²) >= 11 is 0. The van der Waals surface area contributed by atoms with E-state index in [9.17, 15) is 0 Å². The lowest BCUT2D eigenvalue weighted by molar-refractivity contribution is 0.414. The Labute approximate surface area is 165 Å². The average molecular weight is 366 g/mol. The van der Waals surface area contributed by atoms with E-state index in [1.807, 2.05) is 48.7 Å². The van der Waals surface area contributed by atoms with Crippen molar-refractivity contribution < 1.29 is 4.74 Å². The Bertz CT molecular complexity index is 1030. The predicted octanol–water partition coefficient (Wildman–Crippen LogP) is 5.96. The second kappa shape index (κ2) is 8.40. The molecule has 0 fully saturated rings. The molecule has 3 aromatic carbocycles. The van der Waals surface area contributed by atoms with Crippen molar-refractivity contribution in [3.8, 4) is 16.9 Å². The Morgan fingerprint density at radius 3 is 2.21 bits per heavy atom. The Morgan fingerprint density at radius 2 is 1.46 bits per heavy atom. The summed E-state index contributed by atoms with van der Waals surface area (Å²) in [5.74, 6) is 1.69. The molecule has 0 amide bonds. The van der Waals surface area contributed by atoms with Crippen LogP contribution in [0.3, 0.4) is 0 Å². The first kappa shape index (κ1) is 17.8. The van der Waals surface area contributed by atoms with Crippen molar-refractivity contribution >= 4 is 5.82 Å². The molecule has 3 heteroatoms. The van der Waals surface area contributed by atoms with Gasteiger partial charge in [-0.2, -0.15) is 0 Å². The van der Waals surface area contributed by atoms with Crippen molar-refractivity contribution in [2.45, 2.75) is 6.04 Å². The number of anilines is 1. The summed E-state index contributed by atoms with van der Waals surface area (Å²) in [5, 5.41) is 3.66. The summed E-state index contributed by atoms with van der Waals surface area (Å²) in [4.78, 5) is 4.65. The Balaban J connectivity index is 1.77. The zero-order valence-corrected chi connectivity index (χ0v) is 15.7. The second-order valence-electron chi connectivity index (χ2n) is 6.53. The van der Waals surface area contributed by atoms with E-state index in [4.69, 9.17) is 4.74 Å². The molecule has 138 valence electrons. The average Bonchev–Trinajstić information content (AvgIpc) is 2.79. The molecule has 28 heavy (non-hydrogen) atoms. The molecule has 0 aliphatic rings. The first-order chi connectivity index (χ1) is 13.8. The molecule has 0 saturated carbocycles. The van der Waals surface area contributed by atoms with Gasteiger partial charge in [-0.25, -0.2) is 4.98 Å². The monoisotopic (exact) mass is 366 g/mol. The Hall–Kier alpha value is -3.59. The Kier molecular flexibility index (Phi) is 5.34. The molecule has 3 nitrogen and oxygen atoms in total. The fraction of sp³-hybridized carbons (Fsp3) is 0.0800. The first-order valence-electron chi connectivity index (χ1n) is 9.31. The normalized spacial score (nSPS) is 11.6. The van der Waals surface area contributed by atoms with Gasteiger partial charge in [-0.3, -0.25) is 0 Å². The van der Waals surface area contributed by atoms with Crippen molar-refractivity contribution in [3.05, 3.63) is 114 Å². The van der Waals surface area contributed by atoms with Gasteiger partial charge in [0, 0.05) is 11.8 Å². The van der Waals surface area contributed by atoms with Crippen molar-refractivity contribution in [1.82, 2.24) is 4.98 Å². The fourth-order valence-electron chi connectivity index (χ4n) is 3.33. The van der Waals surface area contributed by atoms with E-state index < -0.39 is 0 Å². The number of pyridine rings is 1. The molecule has 1 heterocycles. The molecular formula is C25H22N2O. The third-order valence-corrected chi connectivity index (χ3v) is 4.73. The van der Waals surface area contributed by atoms with E-state index in [1.165, 1.54) is 5.56 Å². The summed E-state index contributed by atoms with van der Waals surface area (Å²) in [7, 11) is 1.69. The van der Waals surface area contributed by atoms with Crippen molar-refractivity contribution in [2.24, 2.45) is 0 Å². The second-order valence-corrected chi connectivity index (χ2v) is 6.53. The summed E-state index contributed by atoms with van der Waals surface area (Å²) in [6, 6.07) is 32.9. The number of nitrogens with one attached hydrogen (secondary N) is 1. The maximum Gasteiger partial charge on any atom is 0.134 e. The molecule has 0 aliphatic heterocycles. The van der Waals surface area contributed by atoms with Crippen LogP contribution in [-0.2, 0) is 0 Å². The zero-order valence-electron chi connectivity index (χ0n) is 15.7. The van der Waals surface area contributed by atoms with Crippen LogP contribution in [0.2, 0.25) is 0 Å². The van der Waals surface area contributed by atoms with Gasteiger partial charge >= 0.3 is 0 Å². The van der Waals surface area contributed by atoms with Gasteiger partial charge in [0.1, 0.15) is 11.6 Å². The third kappa shape index (κ3) is 3.89. The molecule has 4 aromatic rings. The first-order valence-corrected chi connectivity index (χ1v) is 9.31. The van der Waals surface area contributed by atoms with Gasteiger partial charge in [0.05, 0.1) is 13.2 Å². The van der Waals surface area contributed by atoms with Crippen LogP contribution in [0.15, 0.2) is 103 Å². The SMILES string of the molecule is COc1cccc(C(Nc2ncccc2-c2ccccc2)c2ccccc2)c1. The lowest BCUT2D eigenvalue weighted by Crippen LogP contribution is -2.14. The maximum atomic E-state index is 5.44. The highest BCUT2D eigenvalue weighted by Crippen LogP contribution is 2.32. The summed E-state index contributed by atoms with van der Waals surface area (Å²) < 4.78 is 5.44. The minimum Gasteiger partial charge on any atom is -0.497 e. The maximum absolute atomic E-state index is 5.44. The largest absolute Gasteiger partial charge is 0.497 e. The minimum atomic E-state index is -0.0475. The molecule has 0 spiro atoms. The highest BCUT2D eigenvalue weighted by atomic mass is 16.5. The molecule has 4 rings (SSSR count). The standard InChI is InChI=1S/C25H22N2O/c1-28-22-15-8-14-21(18-22)24(20-12-6-3-7-13-20)27-25-23(16-9-17-26-25)19-10-4-2-5-11-19/h2-18,24H,1H3,(H,26,27). The van der Waals surface area contributed by atoms with Crippen LogP contribution in [0.4, 0.5) is 5.82 Å². The molecule has 1 atom stereocenters. The van der Waals surface area contributed by atoms with Crippen molar-refractivity contribution in [2.75, 3.05) is 12.4 Å². The molecular weight excluding hydrogens is 344 g/mol. The predicted molar refractivity (Wildman–Crippen MR) is 115 cm³/mol. The number of nitrogens with zero attached hydrogens (tertiary/aromatic N) is 1. The van der Waals surface area contributed by atoms with E-state index in [0.29, 0.717) is 0 Å². The number of benzene rings is 3. The van der Waals surface area contributed by atoms with Crippen LogP contribution in [0.25, 0.3) is 11.1 Å². The molecule has 1 aromatic heterocycles. The number of rotatable bonds is 6. The van der Waals surface area contributed by atoms with Crippen LogP contribution in [0, 0.1) is 0 Å². The van der Waals surface area contributed by atoms with Gasteiger partial charge in [-0.15, -0.1) is 0 Å². The minimum absolute atomic E-state index is 0.0475. The van der Waals surface area contributed by atoms with Crippen LogP contribution in [0.1, 0.15) is 17.2 Å². The fourth-order valence-corrected chi connectivity index (χ4v) is 3.33. The molecule has 0 radical (unpaired) electrons. The quantitative estimate of drug-likeness (QED) is 0.457. The van der Waals surface area contributed by atoms with Gasteiger partial charge in [0.15, 0.2) is 0 Å². The van der Waals surface area contributed by atoms with E-state index in [0.717, 1.165) is 28.3 Å². The highest BCUT2D eigenvalue weighted by molar-refractivity contribution is 5.75. The number of hydrogen-bond acceptors (Lipinski definition) is 3. The number of ether oxygens (including phenoxy) is 1. The lowest BCUT2D eigenvalue weighted by Gasteiger charge is -2.22. The number of hydrogen-bond donors (Lipinski definition) is 1. The topological polar surface area (TPSA) is 34.1 Å². The summed E-state index contributed by atoms with van der Waals surface area (Å²) in [6.07, 6.45) is 1.82. The summed E-state index contributed by atoms with van der Waals surface area (Å²) in [5.41, 5.74) is 4.50. The van der Waals surface area contributed by atoms with Crippen molar-refractivity contribution in [3.63, 3.8) is 0 Å². The zero-order chi connectivity index (χ0) is 19.2. The van der Waals surface area contributed by atoms with Crippen molar-refractivity contribution in [1.29, 1.82) is 0 Å². The van der Waals surface area contributed by atoms with Crippen LogP contribution in [0.5, 0.6) is 5.75 Å². The molecule has 0 aliphatic carbocycles. The number of aromatic nitrogens is 1. The lowest BCUT2D eigenvalue weighted by atomic mass is 9.97. The van der Waals surface area contributed by atoms with E-state index in [-0.39, 0.29) is 6.04 Å². The van der Waals surface area contributed by atoms with Gasteiger partial charge < -0.3 is 10.1 Å². The van der Waals surface area contributed by atoms with Crippen LogP contribution >= 0.6 is 0 Å². The van der Waals surface area contributed by atoms with Gasteiger partial charge in [-0.05, 0) is 41.0 Å². The highest BCUT2D eigenvalue weighted by Gasteiger charge is 2.17. The van der Waals surface area contributed by atoms with Gasteiger partial charge in [0.2, 0.25) is 0 Å². The molecule has 1 unspecified atom stereocenters. The smallest absolute Gasteiger partial charge is 0.134 e. The van der Waals surface area contributed by atoms with E-state index in [2.05, 4.69) is 64.9 Å².